The zero-order chi connectivity index (χ0) is 53.1. The van der Waals surface area contributed by atoms with Crippen molar-refractivity contribution in [3.8, 4) is 79.1 Å². The molecule has 0 fully saturated rings. The Morgan fingerprint density at radius 3 is 1.17 bits per heavy atom. The van der Waals surface area contributed by atoms with Crippen molar-refractivity contribution in [3.63, 3.8) is 0 Å². The Labute approximate surface area is 440 Å². The van der Waals surface area contributed by atoms with Gasteiger partial charge in [-0.3, -0.25) is 0 Å². The second kappa shape index (κ2) is 18.5. The summed E-state index contributed by atoms with van der Waals surface area (Å²) in [7, 11) is 0. The van der Waals surface area contributed by atoms with Gasteiger partial charge in [-0.15, -0.1) is 0 Å². The molecule has 7 nitrogen and oxygen atoms in total. The third kappa shape index (κ3) is 7.71. The molecule has 0 atom stereocenters. The van der Waals surface area contributed by atoms with Gasteiger partial charge in [0.15, 0.2) is 17.1 Å². The quantitative estimate of drug-likeness (QED) is 0.149. The molecule has 0 radical (unpaired) electrons. The topological polar surface area (TPSA) is 70.5 Å². The fraction of sp³-hybridized carbons (Fsp3) is 0.0299. The van der Waals surface area contributed by atoms with Gasteiger partial charge in [0.25, 0.3) is 0 Å². The average molecular weight is 996 g/mol. The summed E-state index contributed by atoms with van der Waals surface area (Å²) in [6, 6.07) is 64.4. The molecule has 12 rings (SSSR count). The second-order valence-corrected chi connectivity index (χ2v) is 18.6. The molecular formula is C67H36F3N7. The monoisotopic (exact) mass is 995 g/mol. The molecule has 0 unspecified atom stereocenters. The van der Waals surface area contributed by atoms with Crippen molar-refractivity contribution in [2.45, 2.75) is 13.1 Å². The van der Waals surface area contributed by atoms with Gasteiger partial charge in [0.1, 0.15) is 0 Å². The highest BCUT2D eigenvalue weighted by molar-refractivity contribution is 6.14. The first-order chi connectivity index (χ1) is 37.5. The minimum atomic E-state index is -4.86. The second-order valence-electron chi connectivity index (χ2n) is 18.6. The molecule has 0 saturated heterocycles. The van der Waals surface area contributed by atoms with Gasteiger partial charge in [-0.05, 0) is 106 Å². The van der Waals surface area contributed by atoms with E-state index in [1.165, 1.54) is 6.07 Å². The van der Waals surface area contributed by atoms with Crippen LogP contribution in [0.5, 0.6) is 0 Å². The third-order valence-electron chi connectivity index (χ3n) is 14.4. The highest BCUT2D eigenvalue weighted by Crippen LogP contribution is 2.50. The van der Waals surface area contributed by atoms with Crippen LogP contribution in [-0.2, 0) is 6.18 Å². The van der Waals surface area contributed by atoms with Crippen LogP contribution in [0.2, 0.25) is 0 Å². The Hall–Kier alpha value is -11.0. The molecule has 10 aromatic carbocycles. The summed E-state index contributed by atoms with van der Waals surface area (Å²) in [5.41, 5.74) is 9.59. The van der Waals surface area contributed by atoms with Gasteiger partial charge in [-0.25, -0.2) is 14.5 Å². The van der Waals surface area contributed by atoms with Crippen molar-refractivity contribution in [1.82, 2.24) is 9.13 Å². The van der Waals surface area contributed by atoms with Crippen LogP contribution >= 0.6 is 0 Å². The average Bonchev–Trinajstić information content (AvgIpc) is 4.02. The number of aryl methyl sites for hydroxylation is 1. The summed E-state index contributed by atoms with van der Waals surface area (Å²) in [6.07, 6.45) is -4.86. The molecule has 2 heterocycles. The van der Waals surface area contributed by atoms with Crippen molar-refractivity contribution < 1.29 is 13.2 Å². The normalized spacial score (nSPS) is 11.3. The fourth-order valence-corrected chi connectivity index (χ4v) is 11.0. The Bertz CT molecular complexity index is 4220. The lowest BCUT2D eigenvalue weighted by Gasteiger charge is -2.24. The van der Waals surface area contributed by atoms with Gasteiger partial charge in [-0.2, -0.15) is 23.7 Å². The number of hydrogen-bond acceptors (Lipinski definition) is 2. The van der Waals surface area contributed by atoms with E-state index >= 15 is 13.2 Å². The van der Waals surface area contributed by atoms with Gasteiger partial charge in [0.2, 0.25) is 0 Å². The van der Waals surface area contributed by atoms with Crippen LogP contribution in [0.15, 0.2) is 200 Å². The molecule has 0 aliphatic carbocycles. The zero-order valence-electron chi connectivity index (χ0n) is 40.8. The van der Waals surface area contributed by atoms with E-state index in [1.54, 1.807) is 73.7 Å². The molecule has 0 aliphatic heterocycles. The van der Waals surface area contributed by atoms with Gasteiger partial charge < -0.3 is 9.13 Å². The standard InChI is InChI=1S/C67H36F3N7/c1-40-14-13-20-55(67(68,69)70)65(40)66-63(76-59-34-42(47-16-6-5-15-46(47)39-72)24-28-51(59)52-29-25-43(35-60(52)76)48-17-7-10-21-56(48)73-2)32-41(38-71)33-64(66)77-61-36-44(49-18-8-11-22-57(49)74-3)26-30-53(61)54-31-27-45(37-62(54)77)50-19-9-12-23-58(50)75-4/h5-37H,1H3. The molecule has 360 valence electrons. The Morgan fingerprint density at radius 2 is 0.792 bits per heavy atom. The first-order valence-corrected chi connectivity index (χ1v) is 24.4. The first-order valence-electron chi connectivity index (χ1n) is 24.4. The highest BCUT2D eigenvalue weighted by Gasteiger charge is 2.37. The van der Waals surface area contributed by atoms with Crippen molar-refractivity contribution in [3.05, 3.63) is 257 Å². The number of fused-ring (bicyclic) bond motifs is 6. The summed E-state index contributed by atoms with van der Waals surface area (Å²) >= 11 is 0. The smallest absolute Gasteiger partial charge is 0.308 e. The van der Waals surface area contributed by atoms with Crippen LogP contribution in [-0.4, -0.2) is 9.13 Å². The number of rotatable bonds is 7. The summed E-state index contributed by atoms with van der Waals surface area (Å²) < 4.78 is 52.1. The Balaban J connectivity index is 1.31. The molecule has 12 aromatic rings. The maximum absolute atomic E-state index is 16.1. The lowest BCUT2D eigenvalue weighted by molar-refractivity contribution is -0.137. The van der Waals surface area contributed by atoms with Crippen LogP contribution in [0, 0.1) is 49.3 Å². The molecule has 0 bridgehead atoms. The maximum Gasteiger partial charge on any atom is 0.417 e. The number of hydrogen-bond donors (Lipinski definition) is 0. The highest BCUT2D eigenvalue weighted by atomic mass is 19.4. The molecule has 2 aromatic heterocycles. The summed E-state index contributed by atoms with van der Waals surface area (Å²) in [4.78, 5) is 11.5. The number of halogens is 3. The van der Waals surface area contributed by atoms with E-state index in [-0.39, 0.29) is 28.1 Å². The SMILES string of the molecule is [C-]#[N+]c1ccccc1-c1ccc2c3ccc(-c4ccccc4C#N)cc3n(-c3cc(C#N)cc(-n4c5cc(-c6ccccc6[N+]#[C-])ccc5c5ccc(-c6ccccc6[N+]#[C-])cc54)c3-c3c(C)cccc3C(F)(F)F)c2c1. The van der Waals surface area contributed by atoms with Gasteiger partial charge in [0, 0.05) is 32.7 Å². The van der Waals surface area contributed by atoms with Gasteiger partial charge in [-0.1, -0.05) is 152 Å². The molecule has 0 saturated carbocycles. The zero-order valence-corrected chi connectivity index (χ0v) is 40.8. The van der Waals surface area contributed by atoms with Crippen molar-refractivity contribution in [2.75, 3.05) is 0 Å². The number of nitriles is 2. The van der Waals surface area contributed by atoms with Crippen LogP contribution in [0.1, 0.15) is 22.3 Å². The molecule has 0 spiro atoms. The fourth-order valence-electron chi connectivity index (χ4n) is 11.0. The van der Waals surface area contributed by atoms with Gasteiger partial charge in [0.05, 0.1) is 82.0 Å². The van der Waals surface area contributed by atoms with E-state index in [2.05, 4.69) is 26.7 Å². The summed E-state index contributed by atoms with van der Waals surface area (Å²) in [5.74, 6) is 0. The Kier molecular flexibility index (Phi) is 11.3. The van der Waals surface area contributed by atoms with Crippen LogP contribution in [0.4, 0.5) is 30.2 Å². The Morgan fingerprint density at radius 1 is 0.416 bits per heavy atom. The first kappa shape index (κ1) is 47.1. The van der Waals surface area contributed by atoms with Crippen molar-refractivity contribution in [2.24, 2.45) is 0 Å². The minimum Gasteiger partial charge on any atom is -0.308 e. The van der Waals surface area contributed by atoms with E-state index < -0.39 is 11.7 Å². The predicted molar refractivity (Wildman–Crippen MR) is 300 cm³/mol. The van der Waals surface area contributed by atoms with E-state index in [4.69, 9.17) is 19.7 Å². The van der Waals surface area contributed by atoms with E-state index in [0.29, 0.717) is 94.8 Å². The number of benzene rings is 10. The number of nitrogens with zero attached hydrogens (tertiary/aromatic N) is 7. The van der Waals surface area contributed by atoms with E-state index in [9.17, 15) is 10.5 Å². The van der Waals surface area contributed by atoms with Crippen LogP contribution < -0.4 is 0 Å². The molecular weight excluding hydrogens is 960 g/mol. The third-order valence-corrected chi connectivity index (χ3v) is 14.4. The molecule has 0 N–H and O–H groups in total. The molecule has 77 heavy (non-hydrogen) atoms. The summed E-state index contributed by atoms with van der Waals surface area (Å²) in [6.45, 7) is 25.9. The molecule has 0 aliphatic rings. The summed E-state index contributed by atoms with van der Waals surface area (Å²) in [5, 5.41) is 24.6. The van der Waals surface area contributed by atoms with Crippen LogP contribution in [0.3, 0.4) is 0 Å². The number of alkyl halides is 3. The van der Waals surface area contributed by atoms with Crippen LogP contribution in [0.25, 0.3) is 125 Å². The molecule has 10 heteroatoms. The van der Waals surface area contributed by atoms with E-state index in [0.717, 1.165) is 27.6 Å². The number of para-hydroxylation sites is 3. The predicted octanol–water partition coefficient (Wildman–Crippen LogP) is 18.9. The lowest BCUT2D eigenvalue weighted by Crippen LogP contribution is -2.12. The molecule has 0 amide bonds. The minimum absolute atomic E-state index is 0.107. The maximum atomic E-state index is 16.1. The van der Waals surface area contributed by atoms with E-state index in [1.807, 2.05) is 130 Å². The van der Waals surface area contributed by atoms with Crippen molar-refractivity contribution >= 4 is 60.7 Å². The van der Waals surface area contributed by atoms with Gasteiger partial charge >= 0.3 is 6.18 Å². The number of aromatic nitrogens is 2. The van der Waals surface area contributed by atoms with Crippen molar-refractivity contribution in [1.29, 1.82) is 10.5 Å². The lowest BCUT2D eigenvalue weighted by atomic mass is 9.90. The largest absolute Gasteiger partial charge is 0.417 e.